The van der Waals surface area contributed by atoms with Crippen LogP contribution in [0.1, 0.15) is 21.5 Å². The van der Waals surface area contributed by atoms with Crippen molar-refractivity contribution in [3.8, 4) is 29.0 Å². The molecule has 0 unspecified atom stereocenters. The maximum absolute atomic E-state index is 12.4. The highest BCUT2D eigenvalue weighted by molar-refractivity contribution is 6.04. The molecule has 4 rings (SSSR count). The van der Waals surface area contributed by atoms with Crippen molar-refractivity contribution in [3.63, 3.8) is 0 Å². The van der Waals surface area contributed by atoms with E-state index in [1.165, 1.54) is 0 Å². The van der Waals surface area contributed by atoms with Gasteiger partial charge in [-0.2, -0.15) is 5.26 Å². The Hall–Kier alpha value is -4.24. The predicted molar refractivity (Wildman–Crippen MR) is 109 cm³/mol. The Bertz CT molecular complexity index is 1220. The van der Waals surface area contributed by atoms with Gasteiger partial charge in [-0.15, -0.1) is 10.2 Å². The Labute approximate surface area is 167 Å². The van der Waals surface area contributed by atoms with Crippen LogP contribution in [0.15, 0.2) is 77.2 Å². The second kappa shape index (κ2) is 7.79. The maximum Gasteiger partial charge on any atom is 0.255 e. The molecule has 1 aromatic heterocycles. The van der Waals surface area contributed by atoms with Crippen LogP contribution in [-0.4, -0.2) is 16.1 Å². The lowest BCUT2D eigenvalue weighted by atomic mass is 10.1. The van der Waals surface area contributed by atoms with Crippen LogP contribution >= 0.6 is 0 Å². The smallest absolute Gasteiger partial charge is 0.255 e. The molecule has 0 spiro atoms. The van der Waals surface area contributed by atoms with E-state index >= 15 is 0 Å². The first-order valence-electron chi connectivity index (χ1n) is 8.95. The van der Waals surface area contributed by atoms with Crippen molar-refractivity contribution in [1.29, 1.82) is 5.26 Å². The lowest BCUT2D eigenvalue weighted by Crippen LogP contribution is -2.11. The van der Waals surface area contributed by atoms with E-state index in [9.17, 15) is 4.79 Å². The molecule has 0 fully saturated rings. The zero-order valence-corrected chi connectivity index (χ0v) is 15.6. The van der Waals surface area contributed by atoms with E-state index < -0.39 is 0 Å². The fourth-order valence-corrected chi connectivity index (χ4v) is 2.87. The maximum atomic E-state index is 12.4. The van der Waals surface area contributed by atoms with E-state index in [1.54, 1.807) is 48.5 Å². The van der Waals surface area contributed by atoms with Crippen LogP contribution in [0.5, 0.6) is 0 Å². The lowest BCUT2D eigenvalue weighted by molar-refractivity contribution is 0.102. The van der Waals surface area contributed by atoms with Gasteiger partial charge in [0.1, 0.15) is 0 Å². The molecule has 0 aliphatic heterocycles. The molecule has 0 radical (unpaired) electrons. The number of amides is 1. The van der Waals surface area contributed by atoms with Crippen LogP contribution in [0.3, 0.4) is 0 Å². The highest BCUT2D eigenvalue weighted by Crippen LogP contribution is 2.25. The van der Waals surface area contributed by atoms with Crippen molar-refractivity contribution < 1.29 is 9.21 Å². The number of anilines is 1. The fraction of sp³-hybridized carbons (Fsp3) is 0.0435. The SMILES string of the molecule is Cc1cccc(-c2nnc(-c3ccc(C(=O)Nc4cccc(C#N)c4)cc3)o2)c1. The molecule has 0 atom stereocenters. The lowest BCUT2D eigenvalue weighted by Gasteiger charge is -2.06. The van der Waals surface area contributed by atoms with Crippen molar-refractivity contribution in [2.45, 2.75) is 6.92 Å². The number of rotatable bonds is 4. The number of carbonyl (C=O) groups is 1. The highest BCUT2D eigenvalue weighted by Gasteiger charge is 2.12. The van der Waals surface area contributed by atoms with Crippen LogP contribution in [0.2, 0.25) is 0 Å². The number of benzene rings is 3. The van der Waals surface area contributed by atoms with Gasteiger partial charge < -0.3 is 9.73 Å². The van der Waals surface area contributed by atoms with Crippen LogP contribution in [0, 0.1) is 18.3 Å². The van der Waals surface area contributed by atoms with Crippen molar-refractivity contribution in [3.05, 3.63) is 89.5 Å². The average molecular weight is 380 g/mol. The van der Waals surface area contributed by atoms with Gasteiger partial charge in [0, 0.05) is 22.4 Å². The molecule has 3 aromatic carbocycles. The minimum Gasteiger partial charge on any atom is -0.416 e. The Morgan fingerprint density at radius 1 is 0.931 bits per heavy atom. The summed E-state index contributed by atoms with van der Waals surface area (Å²) in [7, 11) is 0. The van der Waals surface area contributed by atoms with Gasteiger partial charge in [-0.3, -0.25) is 4.79 Å². The average Bonchev–Trinajstić information content (AvgIpc) is 3.24. The first-order chi connectivity index (χ1) is 14.1. The van der Waals surface area contributed by atoms with Crippen molar-refractivity contribution in [2.75, 3.05) is 5.32 Å². The highest BCUT2D eigenvalue weighted by atomic mass is 16.4. The van der Waals surface area contributed by atoms with Crippen LogP contribution in [0.4, 0.5) is 5.69 Å². The molecule has 0 saturated carbocycles. The number of hydrogen-bond donors (Lipinski definition) is 1. The van der Waals surface area contributed by atoms with Crippen molar-refractivity contribution in [2.24, 2.45) is 0 Å². The number of carbonyl (C=O) groups excluding carboxylic acids is 1. The number of aryl methyl sites for hydroxylation is 1. The summed E-state index contributed by atoms with van der Waals surface area (Å²) in [4.78, 5) is 12.4. The first kappa shape index (κ1) is 18.1. The molecule has 0 aliphatic carbocycles. The van der Waals surface area contributed by atoms with E-state index in [0.717, 1.165) is 16.7 Å². The van der Waals surface area contributed by atoms with E-state index in [2.05, 4.69) is 15.5 Å². The first-order valence-corrected chi connectivity index (χ1v) is 8.95. The van der Waals surface area contributed by atoms with Crippen LogP contribution < -0.4 is 5.32 Å². The molecule has 0 bridgehead atoms. The summed E-state index contributed by atoms with van der Waals surface area (Å²) >= 11 is 0. The van der Waals surface area contributed by atoms with Gasteiger partial charge >= 0.3 is 0 Å². The predicted octanol–water partition coefficient (Wildman–Crippen LogP) is 4.84. The molecular weight excluding hydrogens is 364 g/mol. The number of nitriles is 1. The molecule has 0 aliphatic rings. The summed E-state index contributed by atoms with van der Waals surface area (Å²) in [6.07, 6.45) is 0. The monoisotopic (exact) mass is 380 g/mol. The van der Waals surface area contributed by atoms with Crippen LogP contribution in [-0.2, 0) is 0 Å². The number of hydrogen-bond acceptors (Lipinski definition) is 5. The summed E-state index contributed by atoms with van der Waals surface area (Å²) in [5.41, 5.74) is 4.23. The summed E-state index contributed by atoms with van der Waals surface area (Å²) in [6, 6.07) is 23.5. The van der Waals surface area contributed by atoms with Gasteiger partial charge in [-0.05, 0) is 61.5 Å². The van der Waals surface area contributed by atoms with Gasteiger partial charge in [0.05, 0.1) is 11.6 Å². The zero-order chi connectivity index (χ0) is 20.2. The zero-order valence-electron chi connectivity index (χ0n) is 15.6. The Morgan fingerprint density at radius 3 is 2.38 bits per heavy atom. The minimum atomic E-state index is -0.266. The standard InChI is InChI=1S/C23H16N4O2/c1-15-4-2-6-19(12-15)23-27-26-22(29-23)18-10-8-17(9-11-18)21(28)25-20-7-3-5-16(13-20)14-24/h2-13H,1H3,(H,25,28). The van der Waals surface area contributed by atoms with Gasteiger partial charge in [-0.1, -0.05) is 23.8 Å². The Morgan fingerprint density at radius 2 is 1.66 bits per heavy atom. The summed E-state index contributed by atoms with van der Waals surface area (Å²) in [5.74, 6) is 0.565. The van der Waals surface area contributed by atoms with E-state index in [1.807, 2.05) is 37.3 Å². The molecule has 0 saturated heterocycles. The third-order valence-electron chi connectivity index (χ3n) is 4.33. The normalized spacial score (nSPS) is 10.3. The van der Waals surface area contributed by atoms with E-state index in [-0.39, 0.29) is 5.91 Å². The quantitative estimate of drug-likeness (QED) is 0.547. The molecule has 4 aromatic rings. The van der Waals surface area contributed by atoms with Crippen LogP contribution in [0.25, 0.3) is 22.9 Å². The number of nitrogens with zero attached hydrogens (tertiary/aromatic N) is 3. The van der Waals surface area contributed by atoms with E-state index in [4.69, 9.17) is 9.68 Å². The second-order valence-corrected chi connectivity index (χ2v) is 6.51. The topological polar surface area (TPSA) is 91.8 Å². The largest absolute Gasteiger partial charge is 0.416 e. The molecular formula is C23H16N4O2. The summed E-state index contributed by atoms with van der Waals surface area (Å²) < 4.78 is 5.78. The molecule has 6 heteroatoms. The van der Waals surface area contributed by atoms with Gasteiger partial charge in [0.2, 0.25) is 11.8 Å². The number of aromatic nitrogens is 2. The Balaban J connectivity index is 1.51. The van der Waals surface area contributed by atoms with Crippen molar-refractivity contribution >= 4 is 11.6 Å². The minimum absolute atomic E-state index is 0.266. The third kappa shape index (κ3) is 4.04. The van der Waals surface area contributed by atoms with Gasteiger partial charge in [-0.25, -0.2) is 0 Å². The van der Waals surface area contributed by atoms with Gasteiger partial charge in [0.15, 0.2) is 0 Å². The molecule has 1 N–H and O–H groups in total. The van der Waals surface area contributed by atoms with Crippen molar-refractivity contribution in [1.82, 2.24) is 10.2 Å². The molecule has 1 heterocycles. The molecule has 140 valence electrons. The molecule has 29 heavy (non-hydrogen) atoms. The second-order valence-electron chi connectivity index (χ2n) is 6.51. The third-order valence-corrected chi connectivity index (χ3v) is 4.33. The molecule has 6 nitrogen and oxygen atoms in total. The number of nitrogens with one attached hydrogen (secondary N) is 1. The van der Waals surface area contributed by atoms with Gasteiger partial charge in [0.25, 0.3) is 5.91 Å². The molecule has 1 amide bonds. The Kier molecular flexibility index (Phi) is 4.87. The van der Waals surface area contributed by atoms with E-state index in [0.29, 0.717) is 28.6 Å². The summed E-state index contributed by atoms with van der Waals surface area (Å²) in [6.45, 7) is 2.00. The summed E-state index contributed by atoms with van der Waals surface area (Å²) in [5, 5.41) is 20.0. The fourth-order valence-electron chi connectivity index (χ4n) is 2.87.